The normalized spacial score (nSPS) is 18.4. The van der Waals surface area contributed by atoms with E-state index in [4.69, 9.17) is 5.10 Å². The lowest BCUT2D eigenvalue weighted by Gasteiger charge is -2.48. The van der Waals surface area contributed by atoms with Gasteiger partial charge >= 0.3 is 0 Å². The Morgan fingerprint density at radius 2 is 1.64 bits per heavy atom. The number of rotatable bonds is 7. The Balaban J connectivity index is 1.34. The molecule has 0 radical (unpaired) electrons. The summed E-state index contributed by atoms with van der Waals surface area (Å²) in [7, 11) is 0. The lowest BCUT2D eigenvalue weighted by molar-refractivity contribution is -0.117. The summed E-state index contributed by atoms with van der Waals surface area (Å²) < 4.78 is 15.3. The molecule has 1 aromatic heterocycles. The minimum atomic E-state index is -0.289. The number of carbonyl (C=O) groups is 1. The molecule has 1 amide bonds. The molecule has 5 rings (SSSR count). The van der Waals surface area contributed by atoms with Gasteiger partial charge in [0.2, 0.25) is 5.91 Å². The van der Waals surface area contributed by atoms with Gasteiger partial charge in [0.05, 0.1) is 11.4 Å². The number of nitrogens with zero attached hydrogens (tertiary/aromatic N) is 3. The average Bonchev–Trinajstić information content (AvgIpc) is 3.37. The minimum absolute atomic E-state index is 0.0884. The van der Waals surface area contributed by atoms with Crippen molar-refractivity contribution < 1.29 is 9.18 Å². The van der Waals surface area contributed by atoms with E-state index in [1.54, 1.807) is 22.9 Å². The SMILES string of the molecule is O=C(C=Cc1cn(-c2ccccc2)nc1-c1ccc(F)cc1)NCC1(N2CCCCC2)CCCCC1. The Kier molecular flexibility index (Phi) is 7.61. The summed E-state index contributed by atoms with van der Waals surface area (Å²) in [5, 5.41) is 7.98. The third kappa shape index (κ3) is 5.59. The highest BCUT2D eigenvalue weighted by molar-refractivity contribution is 5.92. The van der Waals surface area contributed by atoms with Crippen LogP contribution in [0.25, 0.3) is 23.0 Å². The highest BCUT2D eigenvalue weighted by Crippen LogP contribution is 2.35. The molecule has 1 aliphatic heterocycles. The number of benzene rings is 2. The first-order valence-electron chi connectivity index (χ1n) is 13.3. The van der Waals surface area contributed by atoms with Gasteiger partial charge in [0.25, 0.3) is 0 Å². The molecular weight excluding hydrogens is 451 g/mol. The number of carbonyl (C=O) groups excluding carboxylic acids is 1. The zero-order chi connectivity index (χ0) is 24.8. The van der Waals surface area contributed by atoms with Crippen molar-refractivity contribution in [2.75, 3.05) is 19.6 Å². The van der Waals surface area contributed by atoms with Gasteiger partial charge in [-0.15, -0.1) is 0 Å². The fraction of sp³-hybridized carbons (Fsp3) is 0.400. The zero-order valence-corrected chi connectivity index (χ0v) is 20.8. The van der Waals surface area contributed by atoms with Crippen molar-refractivity contribution in [2.45, 2.75) is 56.9 Å². The maximum Gasteiger partial charge on any atom is 0.244 e. The molecule has 2 aliphatic rings. The van der Waals surface area contributed by atoms with Crippen LogP contribution in [0, 0.1) is 5.82 Å². The molecule has 3 aromatic rings. The van der Waals surface area contributed by atoms with E-state index in [0.29, 0.717) is 12.2 Å². The molecule has 0 spiro atoms. The first-order chi connectivity index (χ1) is 17.6. The summed E-state index contributed by atoms with van der Waals surface area (Å²) in [5.41, 5.74) is 3.34. The van der Waals surface area contributed by atoms with Crippen LogP contribution in [0.1, 0.15) is 56.9 Å². The second kappa shape index (κ2) is 11.2. The van der Waals surface area contributed by atoms with Crippen molar-refractivity contribution in [2.24, 2.45) is 0 Å². The van der Waals surface area contributed by atoms with Crippen molar-refractivity contribution >= 4 is 12.0 Å². The van der Waals surface area contributed by atoms with E-state index < -0.39 is 0 Å². The zero-order valence-electron chi connectivity index (χ0n) is 20.8. The quantitative estimate of drug-likeness (QED) is 0.417. The van der Waals surface area contributed by atoms with Crippen LogP contribution in [0.2, 0.25) is 0 Å². The summed E-state index contributed by atoms with van der Waals surface area (Å²) >= 11 is 0. The van der Waals surface area contributed by atoms with Gasteiger partial charge in [0.15, 0.2) is 0 Å². The van der Waals surface area contributed by atoms with E-state index in [-0.39, 0.29) is 17.3 Å². The van der Waals surface area contributed by atoms with E-state index in [1.807, 2.05) is 42.6 Å². The van der Waals surface area contributed by atoms with Gasteiger partial charge in [-0.1, -0.05) is 43.9 Å². The number of hydrogen-bond donors (Lipinski definition) is 1. The van der Waals surface area contributed by atoms with Crippen LogP contribution in [-0.2, 0) is 4.79 Å². The lowest BCUT2D eigenvalue weighted by Crippen LogP contribution is -2.58. The minimum Gasteiger partial charge on any atom is -0.351 e. The molecule has 0 atom stereocenters. The summed E-state index contributed by atoms with van der Waals surface area (Å²) in [6.07, 6.45) is 15.3. The van der Waals surface area contributed by atoms with Gasteiger partial charge in [0.1, 0.15) is 5.82 Å². The maximum absolute atomic E-state index is 13.5. The number of piperidine rings is 1. The third-order valence-electron chi connectivity index (χ3n) is 7.70. The summed E-state index contributed by atoms with van der Waals surface area (Å²) in [4.78, 5) is 15.6. The molecule has 0 unspecified atom stereocenters. The topological polar surface area (TPSA) is 50.2 Å². The molecule has 1 saturated carbocycles. The molecule has 1 saturated heterocycles. The number of halogens is 1. The lowest BCUT2D eigenvalue weighted by atomic mass is 9.79. The molecule has 0 bridgehead atoms. The van der Waals surface area contributed by atoms with E-state index in [1.165, 1.54) is 50.7 Å². The summed E-state index contributed by atoms with van der Waals surface area (Å²) in [5.74, 6) is -0.377. The molecule has 188 valence electrons. The standard InChI is InChI=1S/C30H35FN4O/c31-26-15-12-24(13-16-26)29-25(22-35(33-29)27-10-4-1-5-11-27)14-17-28(36)32-23-30(18-6-2-7-19-30)34-20-8-3-9-21-34/h1,4-5,10-17,22H,2-3,6-9,18-21,23H2,(H,32,36). The molecule has 36 heavy (non-hydrogen) atoms. The van der Waals surface area contributed by atoms with Gasteiger partial charge in [-0.3, -0.25) is 9.69 Å². The fourth-order valence-electron chi connectivity index (χ4n) is 5.71. The Hall–Kier alpha value is -3.25. The number of aromatic nitrogens is 2. The Morgan fingerprint density at radius 1 is 0.944 bits per heavy atom. The smallest absolute Gasteiger partial charge is 0.244 e. The van der Waals surface area contributed by atoms with E-state index in [0.717, 1.165) is 42.7 Å². The van der Waals surface area contributed by atoms with E-state index in [2.05, 4.69) is 10.2 Å². The Morgan fingerprint density at radius 3 is 2.36 bits per heavy atom. The van der Waals surface area contributed by atoms with Crippen molar-refractivity contribution in [1.29, 1.82) is 0 Å². The predicted molar refractivity (Wildman–Crippen MR) is 142 cm³/mol. The maximum atomic E-state index is 13.5. The molecule has 2 heterocycles. The van der Waals surface area contributed by atoms with Crippen molar-refractivity contribution in [3.8, 4) is 16.9 Å². The van der Waals surface area contributed by atoms with Crippen LogP contribution >= 0.6 is 0 Å². The van der Waals surface area contributed by atoms with Crippen molar-refractivity contribution in [3.05, 3.63) is 78.3 Å². The largest absolute Gasteiger partial charge is 0.351 e. The first kappa shape index (κ1) is 24.4. The number of nitrogens with one attached hydrogen (secondary N) is 1. The molecule has 1 aliphatic carbocycles. The highest BCUT2D eigenvalue weighted by atomic mass is 19.1. The number of likely N-dealkylation sites (tertiary alicyclic amines) is 1. The van der Waals surface area contributed by atoms with Gasteiger partial charge in [0, 0.05) is 35.5 Å². The van der Waals surface area contributed by atoms with Crippen LogP contribution in [0.3, 0.4) is 0 Å². The van der Waals surface area contributed by atoms with Gasteiger partial charge in [-0.25, -0.2) is 9.07 Å². The molecule has 6 heteroatoms. The Labute approximate surface area is 213 Å². The van der Waals surface area contributed by atoms with Crippen molar-refractivity contribution in [1.82, 2.24) is 20.0 Å². The van der Waals surface area contributed by atoms with Gasteiger partial charge < -0.3 is 5.32 Å². The average molecular weight is 487 g/mol. The van der Waals surface area contributed by atoms with Crippen LogP contribution in [-0.4, -0.2) is 45.8 Å². The second-order valence-electron chi connectivity index (χ2n) is 10.1. The number of para-hydroxylation sites is 1. The van der Waals surface area contributed by atoms with Crippen LogP contribution < -0.4 is 5.32 Å². The van der Waals surface area contributed by atoms with Crippen LogP contribution in [0.15, 0.2) is 66.9 Å². The number of amides is 1. The molecular formula is C30H35FN4O. The van der Waals surface area contributed by atoms with Gasteiger partial charge in [-0.2, -0.15) is 5.10 Å². The van der Waals surface area contributed by atoms with Crippen molar-refractivity contribution in [3.63, 3.8) is 0 Å². The second-order valence-corrected chi connectivity index (χ2v) is 10.1. The number of hydrogen-bond acceptors (Lipinski definition) is 3. The van der Waals surface area contributed by atoms with Gasteiger partial charge in [-0.05, 0) is 81.2 Å². The first-order valence-corrected chi connectivity index (χ1v) is 13.3. The molecule has 5 nitrogen and oxygen atoms in total. The van der Waals surface area contributed by atoms with Crippen LogP contribution in [0.4, 0.5) is 4.39 Å². The predicted octanol–water partition coefficient (Wildman–Crippen LogP) is 6.00. The van der Waals surface area contributed by atoms with E-state index in [9.17, 15) is 9.18 Å². The Bertz CT molecular complexity index is 1170. The highest BCUT2D eigenvalue weighted by Gasteiger charge is 2.38. The molecule has 2 aromatic carbocycles. The van der Waals surface area contributed by atoms with Crippen LogP contribution in [0.5, 0.6) is 0 Å². The van der Waals surface area contributed by atoms with E-state index >= 15 is 0 Å². The monoisotopic (exact) mass is 486 g/mol. The summed E-state index contributed by atoms with van der Waals surface area (Å²) in [6, 6.07) is 16.1. The summed E-state index contributed by atoms with van der Waals surface area (Å²) in [6.45, 7) is 2.99. The third-order valence-corrected chi connectivity index (χ3v) is 7.70. The molecule has 2 fully saturated rings. The molecule has 1 N–H and O–H groups in total. The fourth-order valence-corrected chi connectivity index (χ4v) is 5.71.